The molecule has 7 atom stereocenters. The van der Waals surface area contributed by atoms with Crippen LogP contribution in [0.25, 0.3) is 0 Å². The van der Waals surface area contributed by atoms with Crippen molar-refractivity contribution in [3.05, 3.63) is 81.3 Å². The minimum Gasteiger partial charge on any atom is -0.399 e. The molecule has 0 bridgehead atoms. The summed E-state index contributed by atoms with van der Waals surface area (Å²) < 4.78 is 34.4. The number of likely N-dealkylation sites (N-methyl/N-ethyl adjacent to an activating group) is 2. The van der Waals surface area contributed by atoms with E-state index in [1.54, 1.807) is 34.5 Å². The Hall–Kier alpha value is -4.38. The third kappa shape index (κ3) is 12.6. The van der Waals surface area contributed by atoms with Crippen molar-refractivity contribution in [3.8, 4) is 0 Å². The summed E-state index contributed by atoms with van der Waals surface area (Å²) in [5, 5.41) is 8.62. The second kappa shape index (κ2) is 21.6. The maximum Gasteiger partial charge on any atom is 0.270 e. The van der Waals surface area contributed by atoms with Gasteiger partial charge in [0.25, 0.3) is 5.91 Å². The summed E-state index contributed by atoms with van der Waals surface area (Å²) in [6.45, 7) is 11.8. The Morgan fingerprint density at radius 1 is 1.05 bits per heavy atom. The number of likely N-dealkylation sites (tertiary alicyclic amines) is 1. The van der Waals surface area contributed by atoms with E-state index >= 15 is 0 Å². The van der Waals surface area contributed by atoms with Crippen molar-refractivity contribution in [2.45, 2.75) is 121 Å². The van der Waals surface area contributed by atoms with Gasteiger partial charge in [0.15, 0.2) is 0 Å². The van der Waals surface area contributed by atoms with Gasteiger partial charge in [-0.3, -0.25) is 28.8 Å². The second-order valence-corrected chi connectivity index (χ2v) is 19.7. The number of carbonyl (C=O) groups excluding carboxylic acids is 4. The maximum absolute atomic E-state index is 14.3. The lowest BCUT2D eigenvalue weighted by Crippen LogP contribution is -2.58. The van der Waals surface area contributed by atoms with E-state index in [2.05, 4.69) is 34.1 Å². The van der Waals surface area contributed by atoms with Gasteiger partial charge in [-0.2, -0.15) is 0 Å². The summed E-state index contributed by atoms with van der Waals surface area (Å²) >= 11 is 1.36. The molecule has 2 aliphatic rings. The lowest BCUT2D eigenvalue weighted by Gasteiger charge is -2.38. The van der Waals surface area contributed by atoms with E-state index in [9.17, 15) is 27.6 Å². The number of nitrogens with zero attached hydrogens (tertiary/aromatic N) is 3. The third-order valence-electron chi connectivity index (χ3n) is 12.3. The van der Waals surface area contributed by atoms with Gasteiger partial charge in [0.05, 0.1) is 29.3 Å². The van der Waals surface area contributed by atoms with Crippen molar-refractivity contribution in [1.29, 1.82) is 0 Å². The van der Waals surface area contributed by atoms with Crippen molar-refractivity contribution >= 4 is 50.7 Å². The summed E-state index contributed by atoms with van der Waals surface area (Å²) in [5.41, 5.74) is 8.51. The lowest BCUT2D eigenvalue weighted by molar-refractivity contribution is -0.141. The fraction of sp³-hybridized carbons (Fsp3) is 0.578. The van der Waals surface area contributed by atoms with Crippen LogP contribution in [0.5, 0.6) is 0 Å². The highest BCUT2D eigenvalue weighted by Gasteiger charge is 2.38. The molecule has 3 aromatic rings. The Morgan fingerprint density at radius 3 is 2.49 bits per heavy atom. The van der Waals surface area contributed by atoms with Gasteiger partial charge in [-0.25, -0.2) is 13.4 Å². The molecule has 0 radical (unpaired) electrons. The molecular weight excluding hydrogens is 815 g/mol. The number of hydrogen-bond donors (Lipinski definition) is 4. The van der Waals surface area contributed by atoms with E-state index < -0.39 is 45.6 Å². The van der Waals surface area contributed by atoms with Crippen LogP contribution in [0.4, 0.5) is 5.69 Å². The van der Waals surface area contributed by atoms with Gasteiger partial charge in [0.2, 0.25) is 27.7 Å². The molecule has 1 aliphatic heterocycles. The van der Waals surface area contributed by atoms with Crippen molar-refractivity contribution in [1.82, 2.24) is 30.1 Å². The molecule has 5 N–H and O–H groups in total. The maximum atomic E-state index is 14.3. The fourth-order valence-electron chi connectivity index (χ4n) is 8.57. The Bertz CT molecular complexity index is 2090. The largest absolute Gasteiger partial charge is 0.399 e. The van der Waals surface area contributed by atoms with Crippen LogP contribution >= 0.6 is 11.3 Å². The van der Waals surface area contributed by atoms with Crippen LogP contribution in [0.1, 0.15) is 117 Å². The average Bonchev–Trinajstić information content (AvgIpc) is 3.72. The number of amides is 4. The molecule has 1 fully saturated rings. The summed E-state index contributed by atoms with van der Waals surface area (Å²) in [7, 11) is -0.272. The van der Waals surface area contributed by atoms with Gasteiger partial charge in [-0.05, 0) is 93.3 Å². The molecule has 61 heavy (non-hydrogen) atoms. The number of fused-ring (bicyclic) bond motifs is 1. The fourth-order valence-corrected chi connectivity index (χ4v) is 10.6. The first-order valence-corrected chi connectivity index (χ1v) is 24.1. The molecule has 0 saturated carbocycles. The minimum atomic E-state index is -4.04. The Morgan fingerprint density at radius 2 is 1.80 bits per heavy atom. The van der Waals surface area contributed by atoms with Crippen LogP contribution in [0.2, 0.25) is 0 Å². The van der Waals surface area contributed by atoms with E-state index in [1.165, 1.54) is 11.3 Å². The zero-order valence-electron chi connectivity index (χ0n) is 36.7. The number of aromatic nitrogens is 1. The number of carbonyl (C=O) groups is 4. The number of anilines is 1. The Labute approximate surface area is 365 Å². The van der Waals surface area contributed by atoms with Gasteiger partial charge in [0.1, 0.15) is 11.7 Å². The highest BCUT2D eigenvalue weighted by Crippen LogP contribution is 2.34. The van der Waals surface area contributed by atoms with Crippen molar-refractivity contribution < 1.29 is 32.3 Å². The molecule has 1 aromatic heterocycles. The normalized spacial score (nSPS) is 20.2. The molecule has 0 unspecified atom stereocenters. The molecule has 1 aliphatic carbocycles. The number of thiazole rings is 1. The molecule has 16 heteroatoms. The standard InChI is InChI=1S/C45H65N7O7S2/c1-8-29(5)40(49-43(55)38-19-12-13-20-51(38)6)45(56)52(7)39(28(3)4)23-32(25-59-9-2)44-48-37(26-60-44)42(54)47-34-22-31-16-10-11-18-35(31)36(24-34)41(53)50-61(57,58)27-30-15-14-17-33(46)21-30/h10-11,14-18,21,26,28-29,32,34,36,38-40H,8-9,12-13,19-20,22-25,27,46H2,1-7H3,(H,47,54)(H,49,55)(H,50,53)/t29-,32-,34-,36+,38+,39+,40-/m0/s1. The van der Waals surface area contributed by atoms with Crippen LogP contribution in [-0.4, -0.2) is 105 Å². The van der Waals surface area contributed by atoms with Gasteiger partial charge < -0.3 is 26.0 Å². The minimum absolute atomic E-state index is 0.0602. The zero-order chi connectivity index (χ0) is 44.4. The predicted octanol–water partition coefficient (Wildman–Crippen LogP) is 5.21. The van der Waals surface area contributed by atoms with E-state index in [0.29, 0.717) is 42.3 Å². The van der Waals surface area contributed by atoms with Crippen LogP contribution in [-0.2, 0) is 41.3 Å². The molecular formula is C45H65N7O7S2. The number of nitrogens with one attached hydrogen (secondary N) is 3. The first kappa shape index (κ1) is 47.7. The number of nitrogen functional groups attached to an aromatic ring is 1. The second-order valence-electron chi connectivity index (χ2n) is 17.1. The molecule has 14 nitrogen and oxygen atoms in total. The Kier molecular flexibility index (Phi) is 16.9. The number of hydrogen-bond acceptors (Lipinski definition) is 11. The monoisotopic (exact) mass is 879 g/mol. The summed E-state index contributed by atoms with van der Waals surface area (Å²) in [6.07, 6.45) is 4.71. The molecule has 334 valence electrons. The predicted molar refractivity (Wildman–Crippen MR) is 239 cm³/mol. The molecule has 5 rings (SSSR count). The van der Waals surface area contributed by atoms with Gasteiger partial charge in [-0.1, -0.05) is 76.9 Å². The van der Waals surface area contributed by atoms with Gasteiger partial charge in [-0.15, -0.1) is 11.3 Å². The zero-order valence-corrected chi connectivity index (χ0v) is 38.3. The van der Waals surface area contributed by atoms with Crippen LogP contribution in [0.3, 0.4) is 0 Å². The number of piperidine rings is 1. The smallest absolute Gasteiger partial charge is 0.270 e. The molecule has 0 spiro atoms. The van der Waals surface area contributed by atoms with Gasteiger partial charge >= 0.3 is 0 Å². The number of sulfonamides is 1. The van der Waals surface area contributed by atoms with Gasteiger partial charge in [0, 0.05) is 42.7 Å². The molecule has 2 aromatic carbocycles. The Balaban J connectivity index is 1.28. The molecule has 1 saturated heterocycles. The van der Waals surface area contributed by atoms with E-state index in [1.807, 2.05) is 59.1 Å². The first-order chi connectivity index (χ1) is 29.0. The SMILES string of the molecule is CCOC[C@H](C[C@H](C(C)C)N(C)C(=O)[C@@H](NC(=O)[C@H]1CCCCN1C)[C@@H](C)CC)c1nc(C(=O)N[C@H]2Cc3ccccc3[C@H](C(=O)NS(=O)(=O)Cc3cccc(N)c3)C2)cs1. The van der Waals surface area contributed by atoms with Crippen molar-refractivity contribution in [2.75, 3.05) is 39.6 Å². The number of benzene rings is 2. The lowest BCUT2D eigenvalue weighted by atomic mass is 9.79. The summed E-state index contributed by atoms with van der Waals surface area (Å²) in [5.74, 6) is -2.77. The van der Waals surface area contributed by atoms with E-state index in [0.717, 1.165) is 43.4 Å². The first-order valence-electron chi connectivity index (χ1n) is 21.6. The van der Waals surface area contributed by atoms with E-state index in [-0.39, 0.29) is 53.8 Å². The average molecular weight is 880 g/mol. The summed E-state index contributed by atoms with van der Waals surface area (Å²) in [4.78, 5) is 64.0. The summed E-state index contributed by atoms with van der Waals surface area (Å²) in [6, 6.07) is 12.3. The number of nitrogens with two attached hydrogens (primary N) is 1. The molecule has 4 amide bonds. The topological polar surface area (TPSA) is 193 Å². The number of ether oxygens (including phenoxy) is 1. The van der Waals surface area contributed by atoms with E-state index in [4.69, 9.17) is 15.5 Å². The van der Waals surface area contributed by atoms with Crippen LogP contribution in [0, 0.1) is 11.8 Å². The molecule has 2 heterocycles. The third-order valence-corrected chi connectivity index (χ3v) is 14.5. The van der Waals surface area contributed by atoms with Crippen LogP contribution < -0.4 is 21.1 Å². The highest BCUT2D eigenvalue weighted by atomic mass is 32.2. The van der Waals surface area contributed by atoms with Crippen LogP contribution in [0.15, 0.2) is 53.9 Å². The quantitative estimate of drug-likeness (QED) is 0.116. The van der Waals surface area contributed by atoms with Crippen molar-refractivity contribution in [2.24, 2.45) is 11.8 Å². The highest BCUT2D eigenvalue weighted by molar-refractivity contribution is 7.89. The number of rotatable bonds is 19. The van der Waals surface area contributed by atoms with Crippen molar-refractivity contribution in [3.63, 3.8) is 0 Å².